The monoisotopic (exact) mass is 559 g/mol. The first-order valence-corrected chi connectivity index (χ1v) is 16.2. The van der Waals surface area contributed by atoms with Crippen molar-refractivity contribution in [2.45, 2.75) is 96.9 Å². The lowest BCUT2D eigenvalue weighted by atomic mass is 9.43. The van der Waals surface area contributed by atoms with Gasteiger partial charge in [0.2, 0.25) is 5.91 Å². The summed E-state index contributed by atoms with van der Waals surface area (Å²) in [5.74, 6) is 0.398. The van der Waals surface area contributed by atoms with Crippen LogP contribution in [0.25, 0.3) is 0 Å². The van der Waals surface area contributed by atoms with Crippen molar-refractivity contribution in [1.29, 1.82) is 0 Å². The molecular weight excluding hydrogens is 510 g/mol. The third kappa shape index (κ3) is 5.55. The van der Waals surface area contributed by atoms with Crippen LogP contribution >= 0.6 is 0 Å². The fourth-order valence-corrected chi connectivity index (χ4v) is 10.0. The summed E-state index contributed by atoms with van der Waals surface area (Å²) in [4.78, 5) is 14.1. The smallest absolute Gasteiger partial charge is 0.266 e. The van der Waals surface area contributed by atoms with Gasteiger partial charge in [-0.1, -0.05) is 20.8 Å². The summed E-state index contributed by atoms with van der Waals surface area (Å²) in [5, 5.41) is 42.7. The van der Waals surface area contributed by atoms with E-state index >= 15 is 0 Å². The topological polar surface area (TPSA) is 156 Å². The molecule has 0 bridgehead atoms. The van der Waals surface area contributed by atoms with Crippen molar-refractivity contribution in [1.82, 2.24) is 4.90 Å². The van der Waals surface area contributed by atoms with Gasteiger partial charge in [0, 0.05) is 19.5 Å². The van der Waals surface area contributed by atoms with E-state index in [0.717, 1.165) is 38.5 Å². The number of aliphatic hydroxyl groups is 4. The summed E-state index contributed by atoms with van der Waals surface area (Å²) in [6.07, 6.45) is 5.31. The third-order valence-corrected chi connectivity index (χ3v) is 12.4. The van der Waals surface area contributed by atoms with Gasteiger partial charge < -0.3 is 25.3 Å². The van der Waals surface area contributed by atoms with Crippen LogP contribution in [0.1, 0.15) is 78.6 Å². The van der Waals surface area contributed by atoms with Crippen molar-refractivity contribution >= 4 is 16.0 Å². The fraction of sp³-hybridized carbons (Fsp3) is 0.964. The molecule has 1 amide bonds. The summed E-state index contributed by atoms with van der Waals surface area (Å²) >= 11 is 0. The second-order valence-corrected chi connectivity index (χ2v) is 15.0. The summed E-state index contributed by atoms with van der Waals surface area (Å²) < 4.78 is 31.3. The van der Waals surface area contributed by atoms with E-state index in [1.54, 1.807) is 0 Å². The Bertz CT molecular complexity index is 961. The van der Waals surface area contributed by atoms with Crippen molar-refractivity contribution < 1.29 is 38.2 Å². The van der Waals surface area contributed by atoms with Crippen LogP contribution < -0.4 is 0 Å². The molecule has 0 aromatic heterocycles. The number of hydrogen-bond acceptors (Lipinski definition) is 7. The van der Waals surface area contributed by atoms with Crippen LogP contribution in [-0.4, -0.2) is 88.0 Å². The van der Waals surface area contributed by atoms with Crippen LogP contribution in [0.5, 0.6) is 0 Å². The minimum absolute atomic E-state index is 0.0163. The van der Waals surface area contributed by atoms with Gasteiger partial charge in [0.25, 0.3) is 10.1 Å². The number of carbonyl (C=O) groups is 1. The van der Waals surface area contributed by atoms with Crippen molar-refractivity contribution in [3.05, 3.63) is 0 Å². The normalized spacial score (nSPS) is 43.6. The van der Waals surface area contributed by atoms with Crippen LogP contribution in [-0.2, 0) is 14.9 Å². The summed E-state index contributed by atoms with van der Waals surface area (Å²) in [7, 11) is -4.21. The number of carbonyl (C=O) groups excluding carboxylic acids is 1. The zero-order chi connectivity index (χ0) is 28.0. The molecule has 9 nitrogen and oxygen atoms in total. The quantitative estimate of drug-likeness (QED) is 0.269. The zero-order valence-electron chi connectivity index (χ0n) is 23.2. The molecule has 0 unspecified atom stereocenters. The van der Waals surface area contributed by atoms with Crippen LogP contribution in [0.3, 0.4) is 0 Å². The summed E-state index contributed by atoms with van der Waals surface area (Å²) in [6.45, 7) is 6.20. The molecule has 0 saturated heterocycles. The van der Waals surface area contributed by atoms with E-state index < -0.39 is 28.1 Å². The molecule has 0 aliphatic heterocycles. The highest BCUT2D eigenvalue weighted by molar-refractivity contribution is 7.85. The summed E-state index contributed by atoms with van der Waals surface area (Å²) in [6, 6.07) is 0. The molecule has 11 atom stereocenters. The van der Waals surface area contributed by atoms with Crippen LogP contribution in [0.4, 0.5) is 0 Å². The maximum Gasteiger partial charge on any atom is 0.266 e. The largest absolute Gasteiger partial charge is 0.395 e. The zero-order valence-corrected chi connectivity index (χ0v) is 24.0. The Hall–Kier alpha value is -0.780. The number of nitrogens with zero attached hydrogens (tertiary/aromatic N) is 1. The molecule has 0 aromatic carbocycles. The predicted molar refractivity (Wildman–Crippen MR) is 142 cm³/mol. The van der Waals surface area contributed by atoms with Crippen LogP contribution in [0, 0.1) is 46.3 Å². The van der Waals surface area contributed by atoms with E-state index in [9.17, 15) is 33.6 Å². The minimum Gasteiger partial charge on any atom is -0.395 e. The van der Waals surface area contributed by atoms with Gasteiger partial charge in [0.1, 0.15) is 0 Å². The third-order valence-electron chi connectivity index (χ3n) is 11.7. The Morgan fingerprint density at radius 1 is 1.03 bits per heavy atom. The van der Waals surface area contributed by atoms with E-state index in [0.29, 0.717) is 12.8 Å². The number of fused-ring (bicyclic) bond motifs is 5. The lowest BCUT2D eigenvalue weighted by Crippen LogP contribution is -2.62. The molecule has 10 heteroatoms. The molecule has 4 rings (SSSR count). The van der Waals surface area contributed by atoms with Crippen molar-refractivity contribution in [3.63, 3.8) is 0 Å². The molecule has 4 aliphatic carbocycles. The van der Waals surface area contributed by atoms with Gasteiger partial charge in [-0.05, 0) is 97.7 Å². The van der Waals surface area contributed by atoms with Crippen LogP contribution in [0.2, 0.25) is 0 Å². The predicted octanol–water partition coefficient (Wildman–Crippen LogP) is 2.07. The molecule has 38 heavy (non-hydrogen) atoms. The number of aliphatic hydroxyl groups excluding tert-OH is 4. The highest BCUT2D eigenvalue weighted by atomic mass is 32.2. The highest BCUT2D eigenvalue weighted by Crippen LogP contribution is 2.68. The van der Waals surface area contributed by atoms with Crippen molar-refractivity contribution in [2.24, 2.45) is 46.3 Å². The minimum atomic E-state index is -4.21. The van der Waals surface area contributed by atoms with Gasteiger partial charge >= 0.3 is 0 Å². The number of hydrogen-bond donors (Lipinski definition) is 5. The van der Waals surface area contributed by atoms with Crippen molar-refractivity contribution in [2.75, 3.05) is 25.4 Å². The van der Waals surface area contributed by atoms with E-state index in [1.807, 2.05) is 0 Å². The van der Waals surface area contributed by atoms with E-state index in [1.165, 1.54) is 4.90 Å². The van der Waals surface area contributed by atoms with E-state index in [2.05, 4.69) is 20.8 Å². The second kappa shape index (κ2) is 11.2. The molecule has 4 saturated carbocycles. The molecule has 5 N–H and O–H groups in total. The highest BCUT2D eigenvalue weighted by Gasteiger charge is 2.65. The van der Waals surface area contributed by atoms with E-state index in [-0.39, 0.29) is 84.5 Å². The SMILES string of the molecule is C[C@H](CCC(=O)N(CCO)CCS(=O)(=O)O)[C@H]1CC[C@H]2[C@@H]3[C@H](O)C[C@@H]4C[C@H](O)CC[C@]4(C)[C@H]3C[C@H](O)[C@]12C. The Labute approximate surface area is 227 Å². The molecule has 4 aliphatic rings. The Kier molecular flexibility index (Phi) is 8.93. The molecule has 220 valence electrons. The molecular formula is C28H49NO8S. The lowest BCUT2D eigenvalue weighted by Gasteiger charge is -2.63. The Balaban J connectivity index is 1.45. The van der Waals surface area contributed by atoms with Gasteiger partial charge in [0.05, 0.1) is 30.7 Å². The molecule has 0 heterocycles. The summed E-state index contributed by atoms with van der Waals surface area (Å²) in [5.41, 5.74) is -0.322. The molecule has 0 aromatic rings. The standard InChI is InChI=1S/C28H49NO8S/c1-17(4-7-25(34)29(10-12-30)11-13-38(35,36)37)20-5-6-21-26-22(16-24(33)28(20,21)3)27(2)9-8-19(31)14-18(27)15-23(26)32/h17-24,26,30-33H,4-16H2,1-3H3,(H,35,36,37)/t17-,18+,19-,20-,21+,22+,23-,24+,26+,27+,28-/m1/s1. The Morgan fingerprint density at radius 2 is 1.74 bits per heavy atom. The van der Waals surface area contributed by atoms with Crippen molar-refractivity contribution in [3.8, 4) is 0 Å². The van der Waals surface area contributed by atoms with Gasteiger partial charge in [-0.15, -0.1) is 0 Å². The van der Waals surface area contributed by atoms with Crippen LogP contribution in [0.15, 0.2) is 0 Å². The second-order valence-electron chi connectivity index (χ2n) is 13.4. The lowest BCUT2D eigenvalue weighted by molar-refractivity contribution is -0.207. The average Bonchev–Trinajstić information content (AvgIpc) is 3.19. The van der Waals surface area contributed by atoms with E-state index in [4.69, 9.17) is 4.55 Å². The first-order chi connectivity index (χ1) is 17.7. The fourth-order valence-electron chi connectivity index (χ4n) is 9.55. The average molecular weight is 560 g/mol. The van der Waals surface area contributed by atoms with Gasteiger partial charge in [-0.2, -0.15) is 8.42 Å². The van der Waals surface area contributed by atoms with Gasteiger partial charge in [0.15, 0.2) is 0 Å². The number of amides is 1. The first-order valence-electron chi connectivity index (χ1n) is 14.6. The molecule has 0 spiro atoms. The number of rotatable bonds is 9. The first kappa shape index (κ1) is 30.2. The molecule has 0 radical (unpaired) electrons. The molecule has 4 fully saturated rings. The maximum atomic E-state index is 12.9. The van der Waals surface area contributed by atoms with Gasteiger partial charge in [-0.3, -0.25) is 9.35 Å². The van der Waals surface area contributed by atoms with Gasteiger partial charge in [-0.25, -0.2) is 0 Å². The maximum absolute atomic E-state index is 12.9. The Morgan fingerprint density at radius 3 is 2.39 bits per heavy atom.